The first-order valence-electron chi connectivity index (χ1n) is 8.51. The highest BCUT2D eigenvalue weighted by Crippen LogP contribution is 2.28. The molecule has 2 aromatic rings. The van der Waals surface area contributed by atoms with Crippen molar-refractivity contribution in [3.63, 3.8) is 0 Å². The second-order valence-electron chi connectivity index (χ2n) is 5.51. The lowest BCUT2D eigenvalue weighted by atomic mass is 10.2. The lowest BCUT2D eigenvalue weighted by molar-refractivity contribution is -0.114. The summed E-state index contributed by atoms with van der Waals surface area (Å²) in [5.41, 5.74) is 0.860. The fourth-order valence-corrected chi connectivity index (χ4v) is 2.57. The topological polar surface area (TPSA) is 51.7 Å². The maximum atomic E-state index is 12.5. The predicted octanol–water partition coefficient (Wildman–Crippen LogP) is 4.71. The Morgan fingerprint density at radius 3 is 2.65 bits per heavy atom. The third-order valence-electron chi connectivity index (χ3n) is 3.64. The van der Waals surface area contributed by atoms with Gasteiger partial charge in [-0.15, -0.1) is 0 Å². The van der Waals surface area contributed by atoms with Crippen molar-refractivity contribution in [2.75, 3.05) is 25.2 Å². The highest BCUT2D eigenvalue weighted by atomic mass is 79.9. The van der Waals surface area contributed by atoms with E-state index in [1.165, 1.54) is 6.08 Å². The van der Waals surface area contributed by atoms with Crippen LogP contribution in [0.2, 0.25) is 0 Å². The van der Waals surface area contributed by atoms with Crippen molar-refractivity contribution in [2.24, 2.45) is 0 Å². The fraction of sp³-hybridized carbons (Fsp3) is 0.300. The van der Waals surface area contributed by atoms with E-state index in [1.54, 1.807) is 24.3 Å². The number of amides is 1. The molecule has 0 aliphatic heterocycles. The first kappa shape index (κ1) is 20.0. The Morgan fingerprint density at radius 2 is 2.04 bits per heavy atom. The van der Waals surface area contributed by atoms with E-state index in [0.29, 0.717) is 30.5 Å². The molecule has 0 bridgehead atoms. The standard InChI is InChI=1S/C20H23BrN2O3/c1-4-12-26-17-9-6-15(13-18(17)25-3)7-11-20(24)23(5-2)19-10-8-16(21)14-22-19/h6-11,13-14H,4-5,12H2,1-3H3/b11-7+. The number of ether oxygens (including phenoxy) is 2. The Hall–Kier alpha value is -2.34. The number of carbonyl (C=O) groups excluding carboxylic acids is 1. The molecular formula is C20H23BrN2O3. The van der Waals surface area contributed by atoms with Gasteiger partial charge in [-0.2, -0.15) is 0 Å². The van der Waals surface area contributed by atoms with E-state index in [4.69, 9.17) is 9.47 Å². The van der Waals surface area contributed by atoms with Crippen LogP contribution in [-0.4, -0.2) is 31.2 Å². The zero-order valence-electron chi connectivity index (χ0n) is 15.2. The van der Waals surface area contributed by atoms with E-state index in [2.05, 4.69) is 27.8 Å². The van der Waals surface area contributed by atoms with Crippen LogP contribution in [0.5, 0.6) is 11.5 Å². The van der Waals surface area contributed by atoms with E-state index in [9.17, 15) is 4.79 Å². The van der Waals surface area contributed by atoms with E-state index in [0.717, 1.165) is 16.5 Å². The summed E-state index contributed by atoms with van der Waals surface area (Å²) in [4.78, 5) is 18.4. The van der Waals surface area contributed by atoms with Crippen molar-refractivity contribution in [3.8, 4) is 11.5 Å². The number of pyridine rings is 1. The zero-order valence-corrected chi connectivity index (χ0v) is 16.8. The van der Waals surface area contributed by atoms with Crippen LogP contribution < -0.4 is 14.4 Å². The van der Waals surface area contributed by atoms with Gasteiger partial charge in [0, 0.05) is 23.3 Å². The van der Waals surface area contributed by atoms with Crippen molar-refractivity contribution >= 4 is 33.7 Å². The molecule has 1 aromatic heterocycles. The lowest BCUT2D eigenvalue weighted by Crippen LogP contribution is -2.29. The molecule has 0 fully saturated rings. The number of nitrogens with zero attached hydrogens (tertiary/aromatic N) is 2. The number of likely N-dealkylation sites (N-methyl/N-ethyl adjacent to an activating group) is 1. The van der Waals surface area contributed by atoms with E-state index < -0.39 is 0 Å². The Balaban J connectivity index is 2.14. The number of carbonyl (C=O) groups is 1. The van der Waals surface area contributed by atoms with Crippen molar-refractivity contribution in [2.45, 2.75) is 20.3 Å². The molecule has 2 rings (SSSR count). The molecule has 1 heterocycles. The minimum atomic E-state index is -0.132. The van der Waals surface area contributed by atoms with Crippen LogP contribution in [0.3, 0.4) is 0 Å². The second-order valence-corrected chi connectivity index (χ2v) is 6.42. The molecule has 26 heavy (non-hydrogen) atoms. The Labute approximate surface area is 162 Å². The molecule has 0 radical (unpaired) electrons. The quantitative estimate of drug-likeness (QED) is 0.582. The minimum Gasteiger partial charge on any atom is -0.493 e. The average Bonchev–Trinajstić information content (AvgIpc) is 2.67. The van der Waals surface area contributed by atoms with E-state index in [1.807, 2.05) is 37.3 Å². The average molecular weight is 419 g/mol. The molecule has 0 spiro atoms. The van der Waals surface area contributed by atoms with Gasteiger partial charge in [-0.25, -0.2) is 4.98 Å². The summed E-state index contributed by atoms with van der Waals surface area (Å²) in [6.07, 6.45) is 5.90. The van der Waals surface area contributed by atoms with Gasteiger partial charge in [0.15, 0.2) is 11.5 Å². The smallest absolute Gasteiger partial charge is 0.252 e. The van der Waals surface area contributed by atoms with Gasteiger partial charge in [-0.05, 0) is 65.2 Å². The van der Waals surface area contributed by atoms with Crippen molar-refractivity contribution in [1.29, 1.82) is 0 Å². The number of benzene rings is 1. The van der Waals surface area contributed by atoms with Gasteiger partial charge in [0.2, 0.25) is 0 Å². The largest absolute Gasteiger partial charge is 0.493 e. The number of halogens is 1. The summed E-state index contributed by atoms with van der Waals surface area (Å²) in [7, 11) is 1.60. The van der Waals surface area contributed by atoms with Crippen LogP contribution >= 0.6 is 15.9 Å². The highest BCUT2D eigenvalue weighted by molar-refractivity contribution is 9.10. The Morgan fingerprint density at radius 1 is 1.23 bits per heavy atom. The lowest BCUT2D eigenvalue weighted by Gasteiger charge is -2.18. The van der Waals surface area contributed by atoms with Crippen LogP contribution in [-0.2, 0) is 4.79 Å². The number of hydrogen-bond donors (Lipinski definition) is 0. The summed E-state index contributed by atoms with van der Waals surface area (Å²) < 4.78 is 11.9. The summed E-state index contributed by atoms with van der Waals surface area (Å²) in [6.45, 7) is 5.13. The third kappa shape index (κ3) is 5.33. The summed E-state index contributed by atoms with van der Waals surface area (Å²) in [5, 5.41) is 0. The molecule has 0 aliphatic carbocycles. The van der Waals surface area contributed by atoms with Gasteiger partial charge in [-0.1, -0.05) is 13.0 Å². The van der Waals surface area contributed by atoms with E-state index >= 15 is 0 Å². The summed E-state index contributed by atoms with van der Waals surface area (Å²) in [5.74, 6) is 1.83. The number of aromatic nitrogens is 1. The first-order chi connectivity index (χ1) is 12.6. The molecule has 0 unspecified atom stereocenters. The normalized spacial score (nSPS) is 10.8. The number of hydrogen-bond acceptors (Lipinski definition) is 4. The molecule has 138 valence electrons. The van der Waals surface area contributed by atoms with Crippen LogP contribution in [0.15, 0.2) is 47.1 Å². The molecule has 0 N–H and O–H groups in total. The van der Waals surface area contributed by atoms with Crippen LogP contribution in [0, 0.1) is 0 Å². The van der Waals surface area contributed by atoms with Gasteiger partial charge in [0.05, 0.1) is 13.7 Å². The SMILES string of the molecule is CCCOc1ccc(/C=C/C(=O)N(CC)c2ccc(Br)cn2)cc1OC. The predicted molar refractivity (Wildman–Crippen MR) is 108 cm³/mol. The minimum absolute atomic E-state index is 0.132. The summed E-state index contributed by atoms with van der Waals surface area (Å²) in [6, 6.07) is 9.27. The van der Waals surface area contributed by atoms with Gasteiger partial charge in [0.25, 0.3) is 5.91 Å². The van der Waals surface area contributed by atoms with Gasteiger partial charge >= 0.3 is 0 Å². The molecule has 1 amide bonds. The molecular weight excluding hydrogens is 396 g/mol. The first-order valence-corrected chi connectivity index (χ1v) is 9.30. The second kappa shape index (κ2) is 9.97. The monoisotopic (exact) mass is 418 g/mol. The third-order valence-corrected chi connectivity index (χ3v) is 4.11. The van der Waals surface area contributed by atoms with Crippen molar-refractivity contribution in [3.05, 3.63) is 52.6 Å². The molecule has 0 saturated carbocycles. The van der Waals surface area contributed by atoms with Gasteiger partial charge in [-0.3, -0.25) is 9.69 Å². The van der Waals surface area contributed by atoms with Crippen molar-refractivity contribution < 1.29 is 14.3 Å². The zero-order chi connectivity index (χ0) is 18.9. The molecule has 0 saturated heterocycles. The molecule has 6 heteroatoms. The van der Waals surface area contributed by atoms with Gasteiger partial charge in [0.1, 0.15) is 5.82 Å². The van der Waals surface area contributed by atoms with Crippen LogP contribution in [0.4, 0.5) is 5.82 Å². The highest BCUT2D eigenvalue weighted by Gasteiger charge is 2.12. The van der Waals surface area contributed by atoms with Crippen molar-refractivity contribution in [1.82, 2.24) is 4.98 Å². The Bertz CT molecular complexity index is 760. The van der Waals surface area contributed by atoms with Crippen LogP contribution in [0.25, 0.3) is 6.08 Å². The van der Waals surface area contributed by atoms with Gasteiger partial charge < -0.3 is 9.47 Å². The molecule has 1 aromatic carbocycles. The molecule has 5 nitrogen and oxygen atoms in total. The summed E-state index contributed by atoms with van der Waals surface area (Å²) >= 11 is 3.35. The number of rotatable bonds is 8. The number of anilines is 1. The molecule has 0 atom stereocenters. The van der Waals surface area contributed by atoms with E-state index in [-0.39, 0.29) is 5.91 Å². The number of methoxy groups -OCH3 is 1. The van der Waals surface area contributed by atoms with Crippen LogP contribution in [0.1, 0.15) is 25.8 Å². The molecule has 0 aliphatic rings. The fourth-order valence-electron chi connectivity index (χ4n) is 2.34. The Kier molecular flexibility index (Phi) is 7.66. The maximum absolute atomic E-state index is 12.5. The maximum Gasteiger partial charge on any atom is 0.252 e.